The van der Waals surface area contributed by atoms with Crippen molar-refractivity contribution in [3.8, 4) is 0 Å². The van der Waals surface area contributed by atoms with Crippen LogP contribution in [0.25, 0.3) is 0 Å². The molecule has 0 atom stereocenters. The molecule has 10 heteroatoms. The molecule has 0 bridgehead atoms. The molecule has 1 heterocycles. The molecule has 1 N–H and O–H groups in total. The lowest BCUT2D eigenvalue weighted by Crippen LogP contribution is -2.28. The quantitative estimate of drug-likeness (QED) is 0.571. The number of aliphatic imine (C=N–C) groups is 1. The Labute approximate surface area is 198 Å². The van der Waals surface area contributed by atoms with E-state index in [0.29, 0.717) is 6.54 Å². The maximum atomic E-state index is 12.8. The molecule has 0 fully saturated rings. The molecule has 0 spiro atoms. The van der Waals surface area contributed by atoms with Crippen LogP contribution in [0.4, 0.5) is 0 Å². The molecule has 0 saturated carbocycles. The second-order valence-electron chi connectivity index (χ2n) is 7.29. The van der Waals surface area contributed by atoms with Gasteiger partial charge in [0.25, 0.3) is 0 Å². The van der Waals surface area contributed by atoms with Crippen molar-refractivity contribution in [2.24, 2.45) is 4.99 Å². The lowest BCUT2D eigenvalue weighted by atomic mass is 10.1. The van der Waals surface area contributed by atoms with Crippen LogP contribution in [-0.2, 0) is 21.4 Å². The Balaban J connectivity index is 1.57. The molecule has 1 aliphatic rings. The molecule has 2 aromatic rings. The fourth-order valence-corrected chi connectivity index (χ4v) is 5.33. The Morgan fingerprint density at radius 2 is 1.78 bits per heavy atom. The SMILES string of the molecule is CN(Cc1ccc(C2=NCCN2)cc1)C(=O)C=CCN(C)S(=O)(=O)c1c(Cl)cccc1Cl. The largest absolute Gasteiger partial charge is 0.368 e. The Hall–Kier alpha value is -2.39. The standard InChI is InChI=1S/C22H24Cl2N4O3S/c1-27(15-16-8-10-17(11-9-16)22-25-12-13-26-22)20(29)7-4-14-28(2)32(30,31)21-18(23)5-3-6-19(21)24/h3-11H,12-15H2,1-2H3,(H,25,26). The van der Waals surface area contributed by atoms with Crippen molar-refractivity contribution >= 4 is 45.0 Å². The van der Waals surface area contributed by atoms with Gasteiger partial charge in [-0.1, -0.05) is 59.6 Å². The molecule has 0 aliphatic carbocycles. The fourth-order valence-electron chi connectivity index (χ4n) is 3.12. The highest BCUT2D eigenvalue weighted by atomic mass is 35.5. The average Bonchev–Trinajstić information content (AvgIpc) is 3.28. The first-order valence-electron chi connectivity index (χ1n) is 9.90. The van der Waals surface area contributed by atoms with Crippen molar-refractivity contribution in [3.05, 3.63) is 75.8 Å². The van der Waals surface area contributed by atoms with Crippen molar-refractivity contribution in [2.45, 2.75) is 11.4 Å². The van der Waals surface area contributed by atoms with Crippen LogP contribution in [0.2, 0.25) is 10.0 Å². The van der Waals surface area contributed by atoms with Crippen LogP contribution in [0.15, 0.2) is 64.5 Å². The number of nitrogens with one attached hydrogen (secondary N) is 1. The number of hydrogen-bond donors (Lipinski definition) is 1. The summed E-state index contributed by atoms with van der Waals surface area (Å²) in [5.74, 6) is 0.651. The number of halogens is 2. The minimum atomic E-state index is -3.90. The number of rotatable bonds is 8. The Morgan fingerprint density at radius 3 is 2.38 bits per heavy atom. The van der Waals surface area contributed by atoms with Crippen molar-refractivity contribution in [3.63, 3.8) is 0 Å². The van der Waals surface area contributed by atoms with Gasteiger partial charge in [0.05, 0.1) is 16.6 Å². The molecular weight excluding hydrogens is 471 g/mol. The second kappa shape index (κ2) is 10.5. The normalized spacial score (nSPS) is 14.0. The lowest BCUT2D eigenvalue weighted by molar-refractivity contribution is -0.125. The van der Waals surface area contributed by atoms with Gasteiger partial charge in [-0.05, 0) is 17.7 Å². The van der Waals surface area contributed by atoms with E-state index in [1.165, 1.54) is 31.3 Å². The summed E-state index contributed by atoms with van der Waals surface area (Å²) in [7, 11) is -0.811. The van der Waals surface area contributed by atoms with Crippen LogP contribution in [0.3, 0.4) is 0 Å². The van der Waals surface area contributed by atoms with Crippen LogP contribution in [0, 0.1) is 0 Å². The van der Waals surface area contributed by atoms with E-state index >= 15 is 0 Å². The zero-order chi connectivity index (χ0) is 23.3. The predicted octanol–water partition coefficient (Wildman–Crippen LogP) is 3.18. The molecule has 170 valence electrons. The van der Waals surface area contributed by atoms with Crippen molar-refractivity contribution < 1.29 is 13.2 Å². The summed E-state index contributed by atoms with van der Waals surface area (Å²) in [6.07, 6.45) is 2.85. The molecule has 1 amide bonds. The van der Waals surface area contributed by atoms with Gasteiger partial charge in [0.1, 0.15) is 10.7 Å². The number of likely N-dealkylation sites (N-methyl/N-ethyl adjacent to an activating group) is 2. The third-order valence-electron chi connectivity index (χ3n) is 4.91. The summed E-state index contributed by atoms with van der Waals surface area (Å²) in [4.78, 5) is 18.2. The average molecular weight is 495 g/mol. The molecule has 3 rings (SSSR count). The van der Waals surface area contributed by atoms with E-state index in [0.717, 1.165) is 34.4 Å². The van der Waals surface area contributed by atoms with Crippen LogP contribution in [0.5, 0.6) is 0 Å². The summed E-state index contributed by atoms with van der Waals surface area (Å²) in [6, 6.07) is 12.4. The van der Waals surface area contributed by atoms with E-state index in [1.807, 2.05) is 24.3 Å². The molecule has 0 saturated heterocycles. The van der Waals surface area contributed by atoms with Gasteiger partial charge in [-0.2, -0.15) is 4.31 Å². The smallest absolute Gasteiger partial charge is 0.246 e. The zero-order valence-electron chi connectivity index (χ0n) is 17.8. The monoisotopic (exact) mass is 494 g/mol. The van der Waals surface area contributed by atoms with E-state index in [1.54, 1.807) is 18.0 Å². The lowest BCUT2D eigenvalue weighted by Gasteiger charge is -2.18. The number of carbonyl (C=O) groups excluding carboxylic acids is 1. The first kappa shape index (κ1) is 24.3. The van der Waals surface area contributed by atoms with Crippen molar-refractivity contribution in [1.82, 2.24) is 14.5 Å². The van der Waals surface area contributed by atoms with Crippen LogP contribution in [-0.4, -0.2) is 63.1 Å². The van der Waals surface area contributed by atoms with E-state index in [2.05, 4.69) is 10.3 Å². The highest BCUT2D eigenvalue weighted by Gasteiger charge is 2.25. The molecule has 32 heavy (non-hydrogen) atoms. The number of amidine groups is 1. The van der Waals surface area contributed by atoms with Gasteiger partial charge in [0, 0.05) is 45.4 Å². The maximum absolute atomic E-state index is 12.8. The number of nitrogens with zero attached hydrogens (tertiary/aromatic N) is 3. The molecule has 7 nitrogen and oxygen atoms in total. The fraction of sp³-hybridized carbons (Fsp3) is 0.273. The van der Waals surface area contributed by atoms with Gasteiger partial charge in [0.15, 0.2) is 0 Å². The number of sulfonamides is 1. The van der Waals surface area contributed by atoms with Gasteiger partial charge >= 0.3 is 0 Å². The topological polar surface area (TPSA) is 82.1 Å². The summed E-state index contributed by atoms with van der Waals surface area (Å²) >= 11 is 12.1. The van der Waals surface area contributed by atoms with Gasteiger partial charge in [-0.15, -0.1) is 0 Å². The summed E-state index contributed by atoms with van der Waals surface area (Å²) in [5.41, 5.74) is 1.99. The number of carbonyl (C=O) groups is 1. The summed E-state index contributed by atoms with van der Waals surface area (Å²) < 4.78 is 26.6. The first-order valence-corrected chi connectivity index (χ1v) is 12.1. The Kier molecular flexibility index (Phi) is 7.95. The number of amides is 1. The zero-order valence-corrected chi connectivity index (χ0v) is 20.1. The van der Waals surface area contributed by atoms with E-state index < -0.39 is 10.0 Å². The predicted molar refractivity (Wildman–Crippen MR) is 128 cm³/mol. The Morgan fingerprint density at radius 1 is 1.12 bits per heavy atom. The highest BCUT2D eigenvalue weighted by molar-refractivity contribution is 7.89. The second-order valence-corrected chi connectivity index (χ2v) is 10.1. The van der Waals surface area contributed by atoms with Crippen molar-refractivity contribution in [2.75, 3.05) is 33.7 Å². The van der Waals surface area contributed by atoms with E-state index in [-0.39, 0.29) is 27.4 Å². The summed E-state index contributed by atoms with van der Waals surface area (Å²) in [6.45, 7) is 2.05. The molecule has 1 aliphatic heterocycles. The maximum Gasteiger partial charge on any atom is 0.246 e. The van der Waals surface area contributed by atoms with E-state index in [4.69, 9.17) is 23.2 Å². The van der Waals surface area contributed by atoms with Gasteiger partial charge in [0.2, 0.25) is 15.9 Å². The molecule has 0 radical (unpaired) electrons. The molecule has 0 unspecified atom stereocenters. The molecule has 0 aromatic heterocycles. The molecule has 2 aromatic carbocycles. The van der Waals surface area contributed by atoms with E-state index in [9.17, 15) is 13.2 Å². The highest BCUT2D eigenvalue weighted by Crippen LogP contribution is 2.30. The van der Waals surface area contributed by atoms with Gasteiger partial charge in [-0.3, -0.25) is 9.79 Å². The number of benzene rings is 2. The summed E-state index contributed by atoms with van der Waals surface area (Å²) in [5, 5.41) is 3.32. The van der Waals surface area contributed by atoms with Crippen LogP contribution < -0.4 is 5.32 Å². The minimum absolute atomic E-state index is 0.00667. The number of hydrogen-bond acceptors (Lipinski definition) is 5. The van der Waals surface area contributed by atoms with Gasteiger partial charge in [-0.25, -0.2) is 8.42 Å². The van der Waals surface area contributed by atoms with Gasteiger partial charge < -0.3 is 10.2 Å². The Bertz CT molecular complexity index is 1130. The van der Waals surface area contributed by atoms with Crippen LogP contribution >= 0.6 is 23.2 Å². The minimum Gasteiger partial charge on any atom is -0.368 e. The molecular formula is C22H24Cl2N4O3S. The third-order valence-corrected chi connectivity index (χ3v) is 7.69. The third kappa shape index (κ3) is 5.69. The first-order chi connectivity index (χ1) is 15.2. The van der Waals surface area contributed by atoms with Crippen LogP contribution in [0.1, 0.15) is 11.1 Å². The van der Waals surface area contributed by atoms with Crippen molar-refractivity contribution in [1.29, 1.82) is 0 Å².